The van der Waals surface area contributed by atoms with Crippen molar-refractivity contribution in [3.8, 4) is 46.7 Å². The van der Waals surface area contributed by atoms with Gasteiger partial charge in [0.1, 0.15) is 23.0 Å². The number of hydrogen-bond acceptors (Lipinski definition) is 3. The molecule has 3 heteroatoms. The van der Waals surface area contributed by atoms with Crippen molar-refractivity contribution in [2.45, 2.75) is 26.7 Å². The SMILES string of the molecule is CCC#Cc1cc(OC)ccc1Oc1ccc(OC)cc1C#CCC. The Balaban J connectivity index is 2.45. The average molecular weight is 334 g/mol. The zero-order valence-electron chi connectivity index (χ0n) is 15.1. The first kappa shape index (κ1) is 18.3. The molecular formula is C22H22O3. The van der Waals surface area contributed by atoms with Gasteiger partial charge in [-0.05, 0) is 36.4 Å². The van der Waals surface area contributed by atoms with Crippen LogP contribution in [0.4, 0.5) is 0 Å². The Morgan fingerprint density at radius 2 is 1.16 bits per heavy atom. The van der Waals surface area contributed by atoms with Crippen molar-refractivity contribution >= 4 is 0 Å². The normalized spacial score (nSPS) is 9.28. The third kappa shape index (κ3) is 4.96. The molecule has 0 aliphatic carbocycles. The molecule has 0 atom stereocenters. The van der Waals surface area contributed by atoms with Crippen LogP contribution in [0.25, 0.3) is 0 Å². The molecule has 0 fully saturated rings. The minimum absolute atomic E-state index is 0.673. The molecule has 0 radical (unpaired) electrons. The number of ether oxygens (including phenoxy) is 3. The van der Waals surface area contributed by atoms with Crippen LogP contribution in [-0.4, -0.2) is 14.2 Å². The predicted octanol–water partition coefficient (Wildman–Crippen LogP) is 5.02. The maximum absolute atomic E-state index is 6.12. The molecule has 128 valence electrons. The van der Waals surface area contributed by atoms with Gasteiger partial charge in [0.05, 0.1) is 25.3 Å². The van der Waals surface area contributed by atoms with Crippen molar-refractivity contribution in [1.29, 1.82) is 0 Å². The second kappa shape index (κ2) is 9.30. The van der Waals surface area contributed by atoms with E-state index in [1.165, 1.54) is 0 Å². The molecule has 2 aromatic rings. The monoisotopic (exact) mass is 334 g/mol. The Morgan fingerprint density at radius 1 is 0.720 bits per heavy atom. The Hall–Kier alpha value is -3.04. The van der Waals surface area contributed by atoms with Crippen LogP contribution in [0.3, 0.4) is 0 Å². The summed E-state index contributed by atoms with van der Waals surface area (Å²) < 4.78 is 16.7. The molecule has 0 heterocycles. The van der Waals surface area contributed by atoms with Gasteiger partial charge in [-0.3, -0.25) is 0 Å². The smallest absolute Gasteiger partial charge is 0.143 e. The molecule has 0 bridgehead atoms. The van der Waals surface area contributed by atoms with Gasteiger partial charge >= 0.3 is 0 Å². The van der Waals surface area contributed by atoms with E-state index in [2.05, 4.69) is 23.7 Å². The first-order valence-electron chi connectivity index (χ1n) is 8.23. The molecule has 0 spiro atoms. The Morgan fingerprint density at radius 3 is 1.52 bits per heavy atom. The third-order valence-electron chi connectivity index (χ3n) is 3.39. The third-order valence-corrected chi connectivity index (χ3v) is 3.39. The summed E-state index contributed by atoms with van der Waals surface area (Å²) in [6.45, 7) is 4.02. The van der Waals surface area contributed by atoms with E-state index < -0.39 is 0 Å². The molecular weight excluding hydrogens is 312 g/mol. The van der Waals surface area contributed by atoms with Crippen LogP contribution in [-0.2, 0) is 0 Å². The van der Waals surface area contributed by atoms with Gasteiger partial charge in [0.25, 0.3) is 0 Å². The molecule has 2 aromatic carbocycles. The van der Waals surface area contributed by atoms with Gasteiger partial charge in [0.15, 0.2) is 0 Å². The van der Waals surface area contributed by atoms with Crippen LogP contribution in [0.2, 0.25) is 0 Å². The van der Waals surface area contributed by atoms with Gasteiger partial charge in [-0.2, -0.15) is 0 Å². The van der Waals surface area contributed by atoms with Gasteiger partial charge in [-0.25, -0.2) is 0 Å². The van der Waals surface area contributed by atoms with E-state index in [1.54, 1.807) is 14.2 Å². The lowest BCUT2D eigenvalue weighted by Gasteiger charge is -2.12. The van der Waals surface area contributed by atoms with Crippen LogP contribution < -0.4 is 14.2 Å². The van der Waals surface area contributed by atoms with Crippen LogP contribution >= 0.6 is 0 Å². The summed E-state index contributed by atoms with van der Waals surface area (Å²) in [5, 5.41) is 0. The standard InChI is InChI=1S/C22H22O3/c1-5-7-9-17-15-19(23-3)11-13-21(17)25-22-14-12-20(24-4)16-18(22)10-8-6-2/h11-16H,5-6H2,1-4H3. The van der Waals surface area contributed by atoms with Crippen LogP contribution in [0, 0.1) is 23.7 Å². The first-order valence-corrected chi connectivity index (χ1v) is 8.23. The minimum Gasteiger partial charge on any atom is -0.497 e. The van der Waals surface area contributed by atoms with E-state index >= 15 is 0 Å². The Kier molecular flexibility index (Phi) is 6.81. The number of rotatable bonds is 4. The zero-order valence-corrected chi connectivity index (χ0v) is 15.1. The van der Waals surface area contributed by atoms with Crippen molar-refractivity contribution in [2.75, 3.05) is 14.2 Å². The zero-order chi connectivity index (χ0) is 18.1. The highest BCUT2D eigenvalue weighted by molar-refractivity contribution is 5.55. The largest absolute Gasteiger partial charge is 0.497 e. The van der Waals surface area contributed by atoms with Gasteiger partial charge in [0.2, 0.25) is 0 Å². The first-order chi connectivity index (χ1) is 12.2. The van der Waals surface area contributed by atoms with Crippen molar-refractivity contribution in [1.82, 2.24) is 0 Å². The van der Waals surface area contributed by atoms with E-state index in [-0.39, 0.29) is 0 Å². The van der Waals surface area contributed by atoms with Gasteiger partial charge in [-0.1, -0.05) is 37.5 Å². The predicted molar refractivity (Wildman–Crippen MR) is 100 cm³/mol. The van der Waals surface area contributed by atoms with Gasteiger partial charge in [-0.15, -0.1) is 0 Å². The molecule has 0 saturated carbocycles. The average Bonchev–Trinajstić information content (AvgIpc) is 2.66. The molecule has 0 N–H and O–H groups in total. The number of methoxy groups -OCH3 is 2. The van der Waals surface area contributed by atoms with Crippen molar-refractivity contribution in [2.24, 2.45) is 0 Å². The summed E-state index contributed by atoms with van der Waals surface area (Å²) in [6.07, 6.45) is 1.54. The minimum atomic E-state index is 0.673. The lowest BCUT2D eigenvalue weighted by atomic mass is 10.1. The molecule has 0 aromatic heterocycles. The second-order valence-corrected chi connectivity index (χ2v) is 5.14. The molecule has 0 aliphatic rings. The lowest BCUT2D eigenvalue weighted by molar-refractivity contribution is 0.410. The molecule has 25 heavy (non-hydrogen) atoms. The lowest BCUT2D eigenvalue weighted by Crippen LogP contribution is -1.94. The molecule has 0 unspecified atom stereocenters. The number of benzene rings is 2. The molecule has 0 saturated heterocycles. The van der Waals surface area contributed by atoms with Gasteiger partial charge < -0.3 is 14.2 Å². The fourth-order valence-electron chi connectivity index (χ4n) is 2.13. The summed E-state index contributed by atoms with van der Waals surface area (Å²) in [5.41, 5.74) is 1.57. The highest BCUT2D eigenvalue weighted by Gasteiger charge is 2.09. The number of hydrogen-bond donors (Lipinski definition) is 0. The summed E-state index contributed by atoms with van der Waals surface area (Å²) >= 11 is 0. The van der Waals surface area contributed by atoms with Crippen molar-refractivity contribution < 1.29 is 14.2 Å². The molecule has 2 rings (SSSR count). The maximum Gasteiger partial charge on any atom is 0.143 e. The van der Waals surface area contributed by atoms with Crippen LogP contribution in [0.5, 0.6) is 23.0 Å². The summed E-state index contributed by atoms with van der Waals surface area (Å²) in [6, 6.07) is 11.2. The Labute approximate surface area is 149 Å². The van der Waals surface area contributed by atoms with E-state index in [0.717, 1.165) is 35.5 Å². The fourth-order valence-corrected chi connectivity index (χ4v) is 2.13. The van der Waals surface area contributed by atoms with Crippen molar-refractivity contribution in [3.05, 3.63) is 47.5 Å². The van der Waals surface area contributed by atoms with Crippen LogP contribution in [0.15, 0.2) is 36.4 Å². The van der Waals surface area contributed by atoms with E-state index in [9.17, 15) is 0 Å². The van der Waals surface area contributed by atoms with Gasteiger partial charge in [0, 0.05) is 12.8 Å². The molecule has 0 amide bonds. The molecule has 0 aliphatic heterocycles. The van der Waals surface area contributed by atoms with Crippen molar-refractivity contribution in [3.63, 3.8) is 0 Å². The highest BCUT2D eigenvalue weighted by Crippen LogP contribution is 2.32. The van der Waals surface area contributed by atoms with E-state index in [4.69, 9.17) is 14.2 Å². The van der Waals surface area contributed by atoms with Crippen LogP contribution in [0.1, 0.15) is 37.8 Å². The fraction of sp³-hybridized carbons (Fsp3) is 0.273. The summed E-state index contributed by atoms with van der Waals surface area (Å²) in [7, 11) is 3.27. The second-order valence-electron chi connectivity index (χ2n) is 5.14. The quantitative estimate of drug-likeness (QED) is 0.735. The topological polar surface area (TPSA) is 27.7 Å². The highest BCUT2D eigenvalue weighted by atomic mass is 16.5. The maximum atomic E-state index is 6.12. The van der Waals surface area contributed by atoms with E-state index in [1.807, 2.05) is 50.2 Å². The Bertz CT molecular complexity index is 774. The summed E-state index contributed by atoms with van der Waals surface area (Å²) in [5.74, 6) is 15.2. The van der Waals surface area contributed by atoms with E-state index in [0.29, 0.717) is 11.5 Å². The molecule has 3 nitrogen and oxygen atoms in total. The summed E-state index contributed by atoms with van der Waals surface area (Å²) in [4.78, 5) is 0.